The van der Waals surface area contributed by atoms with Gasteiger partial charge in [-0.25, -0.2) is 0 Å². The number of hydrogen-bond donors (Lipinski definition) is 1. The molecule has 1 saturated carbocycles. The maximum atomic E-state index is 13.2. The van der Waals surface area contributed by atoms with Crippen LogP contribution in [0.15, 0.2) is 42.2 Å². The molecule has 1 N–H and O–H groups in total. The summed E-state index contributed by atoms with van der Waals surface area (Å²) in [6, 6.07) is 6.68. The summed E-state index contributed by atoms with van der Waals surface area (Å²) >= 11 is 0. The topological polar surface area (TPSA) is 79.7 Å². The largest absolute Gasteiger partial charge is 0.507 e. The van der Waals surface area contributed by atoms with Crippen LogP contribution in [0.5, 0.6) is 5.75 Å². The number of hydrogen-bond acceptors (Lipinski definition) is 5. The van der Waals surface area contributed by atoms with Gasteiger partial charge in [0, 0.05) is 18.4 Å². The van der Waals surface area contributed by atoms with E-state index in [0.717, 1.165) is 42.4 Å². The Balaban J connectivity index is 1.95. The van der Waals surface area contributed by atoms with Gasteiger partial charge in [-0.05, 0) is 61.6 Å². The number of benzene rings is 1. The van der Waals surface area contributed by atoms with E-state index in [2.05, 4.69) is 4.98 Å². The number of methoxy groups -OCH3 is 1. The smallest absolute Gasteiger partial charge is 0.295 e. The van der Waals surface area contributed by atoms with E-state index >= 15 is 0 Å². The van der Waals surface area contributed by atoms with E-state index in [1.165, 1.54) is 7.11 Å². The number of ketones is 1. The lowest BCUT2D eigenvalue weighted by Crippen LogP contribution is -2.37. The zero-order chi connectivity index (χ0) is 21.4. The second-order valence-electron chi connectivity index (χ2n) is 8.09. The van der Waals surface area contributed by atoms with Crippen molar-refractivity contribution in [3.63, 3.8) is 0 Å². The van der Waals surface area contributed by atoms with Crippen LogP contribution in [0.4, 0.5) is 0 Å². The molecule has 1 aromatic heterocycles. The molecule has 1 aromatic carbocycles. The number of carbonyl (C=O) groups excluding carboxylic acids is 2. The van der Waals surface area contributed by atoms with Crippen LogP contribution in [0, 0.1) is 13.8 Å². The van der Waals surface area contributed by atoms with Crippen molar-refractivity contribution in [2.75, 3.05) is 7.11 Å². The molecule has 0 bridgehead atoms. The molecule has 2 aliphatic rings. The summed E-state index contributed by atoms with van der Waals surface area (Å²) in [5.41, 5.74) is 3.09. The molecular weight excluding hydrogens is 380 g/mol. The quantitative estimate of drug-likeness (QED) is 0.470. The number of rotatable bonds is 4. The molecule has 6 heteroatoms. The third-order valence-electron chi connectivity index (χ3n) is 6.10. The van der Waals surface area contributed by atoms with E-state index in [9.17, 15) is 14.7 Å². The van der Waals surface area contributed by atoms with Crippen LogP contribution in [0.3, 0.4) is 0 Å². The van der Waals surface area contributed by atoms with Crippen molar-refractivity contribution >= 4 is 17.4 Å². The Bertz CT molecular complexity index is 1020. The standard InChI is InChI=1S/C24H26N2O4/c1-14-12-15(2)23(30-3)18(13-14)21(27)19-20(16-8-10-25-11-9-16)26(24(29)22(19)28)17-6-4-5-7-17/h8-13,17,20,27H,4-7H2,1-3H3/b21-19+. The molecule has 1 amide bonds. The van der Waals surface area contributed by atoms with Crippen molar-refractivity contribution in [3.8, 4) is 5.75 Å². The number of aliphatic hydroxyl groups is 1. The molecule has 0 radical (unpaired) electrons. The maximum Gasteiger partial charge on any atom is 0.295 e. The normalized spacial score (nSPS) is 21.4. The summed E-state index contributed by atoms with van der Waals surface area (Å²) in [5, 5.41) is 11.3. The predicted molar refractivity (Wildman–Crippen MR) is 113 cm³/mol. The Hall–Kier alpha value is -3.15. The highest BCUT2D eigenvalue weighted by Crippen LogP contribution is 2.44. The van der Waals surface area contributed by atoms with Crippen LogP contribution in [-0.4, -0.2) is 39.8 Å². The number of aliphatic hydroxyl groups excluding tert-OH is 1. The summed E-state index contributed by atoms with van der Waals surface area (Å²) in [6.07, 6.45) is 7.06. The lowest BCUT2D eigenvalue weighted by molar-refractivity contribution is -0.141. The first-order valence-electron chi connectivity index (χ1n) is 10.3. The number of aromatic nitrogens is 1. The molecule has 1 aliphatic carbocycles. The Morgan fingerprint density at radius 2 is 1.80 bits per heavy atom. The number of carbonyl (C=O) groups is 2. The number of Topliss-reactive ketones (excluding diaryl/α,β-unsaturated/α-hetero) is 1. The molecule has 2 fully saturated rings. The van der Waals surface area contributed by atoms with Crippen LogP contribution < -0.4 is 4.74 Å². The Labute approximate surface area is 176 Å². The van der Waals surface area contributed by atoms with Gasteiger partial charge in [-0.2, -0.15) is 0 Å². The van der Waals surface area contributed by atoms with E-state index in [-0.39, 0.29) is 17.4 Å². The SMILES string of the molecule is COc1c(C)cc(C)cc1/C(O)=C1\C(=O)C(=O)N(C2CCCC2)C1c1ccncc1. The van der Waals surface area contributed by atoms with E-state index in [1.807, 2.05) is 19.9 Å². The van der Waals surface area contributed by atoms with Crippen molar-refractivity contribution in [1.29, 1.82) is 0 Å². The third kappa shape index (κ3) is 3.26. The van der Waals surface area contributed by atoms with Crippen LogP contribution in [0.1, 0.15) is 54.0 Å². The Morgan fingerprint density at radius 3 is 2.43 bits per heavy atom. The zero-order valence-corrected chi connectivity index (χ0v) is 17.5. The molecule has 6 nitrogen and oxygen atoms in total. The average Bonchev–Trinajstić information content (AvgIpc) is 3.35. The molecule has 0 spiro atoms. The van der Waals surface area contributed by atoms with Gasteiger partial charge in [0.05, 0.1) is 24.3 Å². The van der Waals surface area contributed by atoms with Crippen molar-refractivity contribution in [2.45, 2.75) is 51.6 Å². The molecule has 2 aromatic rings. The number of pyridine rings is 1. The van der Waals surface area contributed by atoms with Crippen molar-refractivity contribution in [3.05, 3.63) is 64.5 Å². The predicted octanol–water partition coefficient (Wildman–Crippen LogP) is 4.07. The maximum absolute atomic E-state index is 13.2. The highest BCUT2D eigenvalue weighted by molar-refractivity contribution is 6.46. The van der Waals surface area contributed by atoms with Crippen LogP contribution >= 0.6 is 0 Å². The van der Waals surface area contributed by atoms with E-state index < -0.39 is 17.7 Å². The molecule has 1 atom stereocenters. The fourth-order valence-corrected chi connectivity index (χ4v) is 4.83. The fraction of sp³-hybridized carbons (Fsp3) is 0.375. The summed E-state index contributed by atoms with van der Waals surface area (Å²) in [5.74, 6) is -0.894. The van der Waals surface area contributed by atoms with Crippen LogP contribution in [0.2, 0.25) is 0 Å². The van der Waals surface area contributed by atoms with Crippen molar-refractivity contribution < 1.29 is 19.4 Å². The molecule has 4 rings (SSSR count). The van der Waals surface area contributed by atoms with Gasteiger partial charge < -0.3 is 14.7 Å². The number of ether oxygens (including phenoxy) is 1. The average molecular weight is 406 g/mol. The number of aryl methyl sites for hydroxylation is 2. The molecular formula is C24H26N2O4. The first-order chi connectivity index (χ1) is 14.4. The molecule has 156 valence electrons. The van der Waals surface area contributed by atoms with E-state index in [0.29, 0.717) is 11.3 Å². The lowest BCUT2D eigenvalue weighted by atomic mass is 9.93. The van der Waals surface area contributed by atoms with Gasteiger partial charge in [0.15, 0.2) is 0 Å². The van der Waals surface area contributed by atoms with Crippen LogP contribution in [0.25, 0.3) is 5.76 Å². The molecule has 1 saturated heterocycles. The summed E-state index contributed by atoms with van der Waals surface area (Å²) in [6.45, 7) is 3.81. The Morgan fingerprint density at radius 1 is 1.13 bits per heavy atom. The molecule has 1 aliphatic heterocycles. The monoisotopic (exact) mass is 406 g/mol. The van der Waals surface area contributed by atoms with Gasteiger partial charge in [-0.15, -0.1) is 0 Å². The van der Waals surface area contributed by atoms with Gasteiger partial charge in [-0.3, -0.25) is 14.6 Å². The first kappa shape index (κ1) is 20.1. The molecule has 1 unspecified atom stereocenters. The first-order valence-corrected chi connectivity index (χ1v) is 10.3. The highest BCUT2D eigenvalue weighted by atomic mass is 16.5. The van der Waals surface area contributed by atoms with Gasteiger partial charge in [0.25, 0.3) is 11.7 Å². The molecule has 2 heterocycles. The number of amides is 1. The second-order valence-corrected chi connectivity index (χ2v) is 8.09. The van der Waals surface area contributed by atoms with Crippen molar-refractivity contribution in [2.24, 2.45) is 0 Å². The lowest BCUT2D eigenvalue weighted by Gasteiger charge is -2.30. The minimum Gasteiger partial charge on any atom is -0.507 e. The molecule has 30 heavy (non-hydrogen) atoms. The number of likely N-dealkylation sites (tertiary alicyclic amines) is 1. The van der Waals surface area contributed by atoms with Gasteiger partial charge in [0.1, 0.15) is 11.5 Å². The summed E-state index contributed by atoms with van der Waals surface area (Å²) in [4.78, 5) is 32.0. The minimum atomic E-state index is -0.651. The zero-order valence-electron chi connectivity index (χ0n) is 17.5. The van der Waals surface area contributed by atoms with Gasteiger partial charge in [-0.1, -0.05) is 18.9 Å². The number of nitrogens with zero attached hydrogens (tertiary/aromatic N) is 2. The van der Waals surface area contributed by atoms with Gasteiger partial charge >= 0.3 is 0 Å². The summed E-state index contributed by atoms with van der Waals surface area (Å²) in [7, 11) is 1.53. The van der Waals surface area contributed by atoms with Gasteiger partial charge in [0.2, 0.25) is 0 Å². The van der Waals surface area contributed by atoms with Crippen molar-refractivity contribution in [1.82, 2.24) is 9.88 Å². The van der Waals surface area contributed by atoms with E-state index in [4.69, 9.17) is 4.74 Å². The minimum absolute atomic E-state index is 0.00828. The second kappa shape index (κ2) is 7.94. The Kier molecular flexibility index (Phi) is 5.33. The highest BCUT2D eigenvalue weighted by Gasteiger charge is 2.49. The van der Waals surface area contributed by atoms with E-state index in [1.54, 1.807) is 35.5 Å². The van der Waals surface area contributed by atoms with Crippen LogP contribution in [-0.2, 0) is 9.59 Å². The fourth-order valence-electron chi connectivity index (χ4n) is 4.83. The third-order valence-corrected chi connectivity index (χ3v) is 6.10. The summed E-state index contributed by atoms with van der Waals surface area (Å²) < 4.78 is 5.53.